The molecule has 0 radical (unpaired) electrons. The third-order valence-electron chi connectivity index (χ3n) is 3.89. The van der Waals surface area contributed by atoms with E-state index in [1.807, 2.05) is 41.2 Å². The van der Waals surface area contributed by atoms with Crippen molar-refractivity contribution in [3.63, 3.8) is 0 Å². The van der Waals surface area contributed by atoms with E-state index in [2.05, 4.69) is 10.1 Å². The number of thiazole rings is 1. The Bertz CT molecular complexity index is 633. The number of carbonyl (C=O) groups is 1. The van der Waals surface area contributed by atoms with Crippen molar-refractivity contribution in [3.8, 4) is 0 Å². The van der Waals surface area contributed by atoms with E-state index < -0.39 is 0 Å². The number of rotatable bonds is 3. The lowest BCUT2D eigenvalue weighted by Crippen LogP contribution is -2.46. The number of piperidine rings is 1. The SMILES string of the molecule is Cc1cnn(CC2CCCCN2C(=O)c2csc(C)n2)c1. The maximum Gasteiger partial charge on any atom is 0.273 e. The van der Waals surface area contributed by atoms with E-state index in [1.165, 1.54) is 17.8 Å². The standard InChI is InChI=1S/C15H20N4OS/c1-11-7-16-18(8-11)9-13-5-3-4-6-19(13)15(20)14-10-21-12(2)17-14/h7-8,10,13H,3-6,9H2,1-2H3. The van der Waals surface area contributed by atoms with Crippen LogP contribution >= 0.6 is 11.3 Å². The minimum absolute atomic E-state index is 0.0629. The van der Waals surface area contributed by atoms with Crippen molar-refractivity contribution in [3.05, 3.63) is 34.0 Å². The summed E-state index contributed by atoms with van der Waals surface area (Å²) in [6.45, 7) is 5.55. The fraction of sp³-hybridized carbons (Fsp3) is 0.533. The molecule has 1 unspecified atom stereocenters. The molecule has 1 atom stereocenters. The van der Waals surface area contributed by atoms with E-state index in [4.69, 9.17) is 0 Å². The van der Waals surface area contributed by atoms with Crippen molar-refractivity contribution < 1.29 is 4.79 Å². The van der Waals surface area contributed by atoms with Crippen molar-refractivity contribution in [2.24, 2.45) is 0 Å². The number of amides is 1. The number of hydrogen-bond donors (Lipinski definition) is 0. The van der Waals surface area contributed by atoms with Crippen molar-refractivity contribution in [1.82, 2.24) is 19.7 Å². The summed E-state index contributed by atoms with van der Waals surface area (Å²) in [7, 11) is 0. The van der Waals surface area contributed by atoms with Crippen LogP contribution in [-0.2, 0) is 6.54 Å². The number of hydrogen-bond acceptors (Lipinski definition) is 4. The molecule has 6 heteroatoms. The first kappa shape index (κ1) is 14.3. The highest BCUT2D eigenvalue weighted by atomic mass is 32.1. The highest BCUT2D eigenvalue weighted by Gasteiger charge is 2.29. The number of carbonyl (C=O) groups excluding carboxylic acids is 1. The topological polar surface area (TPSA) is 51.0 Å². The molecule has 1 aliphatic rings. The van der Waals surface area contributed by atoms with E-state index in [9.17, 15) is 4.79 Å². The van der Waals surface area contributed by atoms with E-state index >= 15 is 0 Å². The van der Waals surface area contributed by atoms with Gasteiger partial charge in [-0.3, -0.25) is 9.48 Å². The van der Waals surface area contributed by atoms with E-state index in [-0.39, 0.29) is 11.9 Å². The summed E-state index contributed by atoms with van der Waals surface area (Å²) >= 11 is 1.53. The highest BCUT2D eigenvalue weighted by molar-refractivity contribution is 7.09. The van der Waals surface area contributed by atoms with Gasteiger partial charge in [-0.1, -0.05) is 0 Å². The van der Waals surface area contributed by atoms with Crippen LogP contribution in [-0.4, -0.2) is 38.2 Å². The minimum Gasteiger partial charge on any atom is -0.332 e. The first-order valence-corrected chi connectivity index (χ1v) is 8.23. The predicted octanol–water partition coefficient (Wildman–Crippen LogP) is 2.65. The Labute approximate surface area is 128 Å². The molecule has 1 saturated heterocycles. The van der Waals surface area contributed by atoms with Gasteiger partial charge in [0, 0.05) is 18.1 Å². The van der Waals surface area contributed by atoms with Crippen LogP contribution in [0.5, 0.6) is 0 Å². The van der Waals surface area contributed by atoms with Crippen molar-refractivity contribution in [2.75, 3.05) is 6.54 Å². The molecule has 1 amide bonds. The summed E-state index contributed by atoms with van der Waals surface area (Å²) in [5.74, 6) is 0.0629. The second-order valence-corrected chi connectivity index (χ2v) is 6.70. The molecule has 0 bridgehead atoms. The third kappa shape index (κ3) is 3.15. The van der Waals surface area contributed by atoms with Gasteiger partial charge in [0.1, 0.15) is 5.69 Å². The summed E-state index contributed by atoms with van der Waals surface area (Å²) in [5.41, 5.74) is 1.74. The Morgan fingerprint density at radius 3 is 2.95 bits per heavy atom. The summed E-state index contributed by atoms with van der Waals surface area (Å²) in [6, 6.07) is 0.215. The smallest absolute Gasteiger partial charge is 0.273 e. The van der Waals surface area contributed by atoms with Gasteiger partial charge in [-0.15, -0.1) is 11.3 Å². The van der Waals surface area contributed by atoms with Gasteiger partial charge in [-0.25, -0.2) is 4.98 Å². The van der Waals surface area contributed by atoms with Crippen LogP contribution < -0.4 is 0 Å². The van der Waals surface area contributed by atoms with Crippen LogP contribution in [0.3, 0.4) is 0 Å². The first-order chi connectivity index (χ1) is 10.1. The van der Waals surface area contributed by atoms with Gasteiger partial charge in [0.2, 0.25) is 0 Å². The molecule has 112 valence electrons. The molecule has 5 nitrogen and oxygen atoms in total. The molecule has 21 heavy (non-hydrogen) atoms. The fourth-order valence-corrected chi connectivity index (χ4v) is 3.44. The molecule has 3 heterocycles. The number of likely N-dealkylation sites (tertiary alicyclic amines) is 1. The van der Waals surface area contributed by atoms with Crippen molar-refractivity contribution in [2.45, 2.75) is 45.7 Å². The molecule has 0 N–H and O–H groups in total. The van der Waals surface area contributed by atoms with Crippen LogP contribution in [0.25, 0.3) is 0 Å². The van der Waals surface area contributed by atoms with Crippen LogP contribution in [0, 0.1) is 13.8 Å². The Kier molecular flexibility index (Phi) is 4.05. The second kappa shape index (κ2) is 5.97. The maximum atomic E-state index is 12.7. The molecule has 1 fully saturated rings. The quantitative estimate of drug-likeness (QED) is 0.876. The van der Waals surface area contributed by atoms with Gasteiger partial charge in [0.15, 0.2) is 0 Å². The molecule has 2 aromatic rings. The zero-order valence-corrected chi connectivity index (χ0v) is 13.3. The van der Waals surface area contributed by atoms with Gasteiger partial charge < -0.3 is 4.90 Å². The summed E-state index contributed by atoms with van der Waals surface area (Å²) < 4.78 is 1.94. The normalized spacial score (nSPS) is 19.0. The molecule has 0 spiro atoms. The lowest BCUT2D eigenvalue weighted by Gasteiger charge is -2.35. The van der Waals surface area contributed by atoms with E-state index in [0.29, 0.717) is 5.69 Å². The Balaban J connectivity index is 1.76. The fourth-order valence-electron chi connectivity index (χ4n) is 2.85. The molecule has 0 aliphatic carbocycles. The second-order valence-electron chi connectivity index (χ2n) is 5.64. The lowest BCUT2D eigenvalue weighted by molar-refractivity contribution is 0.0578. The zero-order valence-electron chi connectivity index (χ0n) is 12.5. The number of aryl methyl sites for hydroxylation is 2. The van der Waals surface area contributed by atoms with Crippen LogP contribution in [0.15, 0.2) is 17.8 Å². The molecule has 0 saturated carbocycles. The molecule has 0 aromatic carbocycles. The van der Waals surface area contributed by atoms with Gasteiger partial charge in [-0.2, -0.15) is 5.10 Å². The molecule has 3 rings (SSSR count). The third-order valence-corrected chi connectivity index (χ3v) is 4.66. The lowest BCUT2D eigenvalue weighted by atomic mass is 10.0. The molecular weight excluding hydrogens is 284 g/mol. The summed E-state index contributed by atoms with van der Waals surface area (Å²) in [4.78, 5) is 19.0. The van der Waals surface area contributed by atoms with Crippen LogP contribution in [0.1, 0.15) is 40.3 Å². The van der Waals surface area contributed by atoms with E-state index in [0.717, 1.165) is 36.5 Å². The van der Waals surface area contributed by atoms with Crippen molar-refractivity contribution in [1.29, 1.82) is 0 Å². The number of nitrogens with zero attached hydrogens (tertiary/aromatic N) is 4. The van der Waals surface area contributed by atoms with Crippen LogP contribution in [0.2, 0.25) is 0 Å². The summed E-state index contributed by atoms with van der Waals surface area (Å²) in [5, 5.41) is 7.15. The van der Waals surface area contributed by atoms with Gasteiger partial charge in [0.05, 0.1) is 23.8 Å². The molecular formula is C15H20N4OS. The molecule has 1 aliphatic heterocycles. The van der Waals surface area contributed by atoms with Gasteiger partial charge >= 0.3 is 0 Å². The zero-order chi connectivity index (χ0) is 14.8. The Hall–Kier alpha value is -1.69. The minimum atomic E-state index is 0.0629. The Morgan fingerprint density at radius 2 is 2.29 bits per heavy atom. The predicted molar refractivity (Wildman–Crippen MR) is 82.5 cm³/mol. The summed E-state index contributed by atoms with van der Waals surface area (Å²) in [6.07, 6.45) is 7.17. The van der Waals surface area contributed by atoms with Gasteiger partial charge in [-0.05, 0) is 38.7 Å². The average Bonchev–Trinajstić information content (AvgIpc) is 3.08. The Morgan fingerprint density at radius 1 is 1.43 bits per heavy atom. The monoisotopic (exact) mass is 304 g/mol. The van der Waals surface area contributed by atoms with E-state index in [1.54, 1.807) is 0 Å². The first-order valence-electron chi connectivity index (χ1n) is 7.35. The van der Waals surface area contributed by atoms with Gasteiger partial charge in [0.25, 0.3) is 5.91 Å². The number of aromatic nitrogens is 3. The molecule has 2 aromatic heterocycles. The highest BCUT2D eigenvalue weighted by Crippen LogP contribution is 2.21. The largest absolute Gasteiger partial charge is 0.332 e. The van der Waals surface area contributed by atoms with Crippen molar-refractivity contribution >= 4 is 17.2 Å². The maximum absolute atomic E-state index is 12.7. The average molecular weight is 304 g/mol. The van der Waals surface area contributed by atoms with Crippen LogP contribution in [0.4, 0.5) is 0 Å².